The van der Waals surface area contributed by atoms with Crippen molar-refractivity contribution in [2.45, 2.75) is 37.8 Å². The zero-order valence-corrected chi connectivity index (χ0v) is 14.1. The molecular weight excluding hydrogens is 365 g/mol. The molecule has 0 spiro atoms. The first-order valence-electron chi connectivity index (χ1n) is 7.08. The Bertz CT molecular complexity index is 474. The van der Waals surface area contributed by atoms with Gasteiger partial charge in [-0.15, -0.1) is 24.0 Å². The van der Waals surface area contributed by atoms with Gasteiger partial charge in [-0.05, 0) is 25.3 Å². The lowest BCUT2D eigenvalue weighted by Crippen LogP contribution is -2.47. The molecule has 2 N–H and O–H groups in total. The van der Waals surface area contributed by atoms with Crippen LogP contribution >= 0.6 is 24.0 Å². The Hall–Kier alpha value is -0.980. The smallest absolute Gasteiger partial charge is 0.191 e. The van der Waals surface area contributed by atoms with E-state index >= 15 is 0 Å². The lowest BCUT2D eigenvalue weighted by Gasteiger charge is -2.32. The minimum atomic E-state index is 0. The summed E-state index contributed by atoms with van der Waals surface area (Å²) in [5, 5.41) is 7.00. The fraction of sp³-hybridized carbons (Fsp3) is 0.533. The Morgan fingerprint density at radius 1 is 1.20 bits per heavy atom. The molecule has 20 heavy (non-hydrogen) atoms. The van der Waals surface area contributed by atoms with Gasteiger partial charge in [0.1, 0.15) is 5.75 Å². The van der Waals surface area contributed by atoms with Gasteiger partial charge in [-0.3, -0.25) is 4.99 Å². The molecule has 0 bridgehead atoms. The van der Waals surface area contributed by atoms with Crippen LogP contribution in [0.4, 0.5) is 0 Å². The van der Waals surface area contributed by atoms with Crippen molar-refractivity contribution in [1.29, 1.82) is 0 Å². The Balaban J connectivity index is 0.00000147. The van der Waals surface area contributed by atoms with Crippen LogP contribution in [0.5, 0.6) is 5.75 Å². The molecule has 2 aliphatic rings. The highest BCUT2D eigenvalue weighted by molar-refractivity contribution is 14.0. The number of hydrogen-bond acceptors (Lipinski definition) is 2. The number of aliphatic imine (C=N–C) groups is 1. The molecule has 1 aromatic rings. The van der Waals surface area contributed by atoms with Crippen LogP contribution in [0.2, 0.25) is 0 Å². The molecule has 1 unspecified atom stereocenters. The van der Waals surface area contributed by atoms with Gasteiger partial charge in [-0.25, -0.2) is 0 Å². The van der Waals surface area contributed by atoms with Gasteiger partial charge < -0.3 is 15.4 Å². The number of ether oxygens (including phenoxy) is 1. The molecule has 1 aliphatic carbocycles. The third kappa shape index (κ3) is 3.37. The van der Waals surface area contributed by atoms with E-state index in [2.05, 4.69) is 27.8 Å². The van der Waals surface area contributed by atoms with Crippen molar-refractivity contribution in [3.05, 3.63) is 29.8 Å². The highest BCUT2D eigenvalue weighted by Gasteiger charge is 2.24. The van der Waals surface area contributed by atoms with Crippen molar-refractivity contribution in [3.8, 4) is 5.75 Å². The average molecular weight is 387 g/mol. The molecule has 1 atom stereocenters. The fourth-order valence-electron chi connectivity index (χ4n) is 2.57. The first-order chi connectivity index (χ1) is 9.36. The molecule has 1 saturated carbocycles. The SMILES string of the molecule is CN=C(NC1CCC1)NC1CCOc2ccccc21.I. The van der Waals surface area contributed by atoms with Crippen molar-refractivity contribution >= 4 is 29.9 Å². The molecule has 1 heterocycles. The van der Waals surface area contributed by atoms with Gasteiger partial charge in [-0.2, -0.15) is 0 Å². The number of nitrogens with one attached hydrogen (secondary N) is 2. The van der Waals surface area contributed by atoms with Crippen molar-refractivity contribution in [2.75, 3.05) is 13.7 Å². The first kappa shape index (κ1) is 15.4. The number of halogens is 1. The van der Waals surface area contributed by atoms with Crippen LogP contribution in [-0.4, -0.2) is 25.7 Å². The number of benzene rings is 1. The van der Waals surface area contributed by atoms with Crippen molar-refractivity contribution in [1.82, 2.24) is 10.6 Å². The van der Waals surface area contributed by atoms with Gasteiger partial charge in [0.2, 0.25) is 0 Å². The van der Waals surface area contributed by atoms with Crippen molar-refractivity contribution in [3.63, 3.8) is 0 Å². The van der Waals surface area contributed by atoms with Gasteiger partial charge >= 0.3 is 0 Å². The van der Waals surface area contributed by atoms with E-state index in [4.69, 9.17) is 4.74 Å². The summed E-state index contributed by atoms with van der Waals surface area (Å²) in [6, 6.07) is 9.12. The minimum Gasteiger partial charge on any atom is -0.493 e. The number of para-hydroxylation sites is 1. The Morgan fingerprint density at radius 2 is 2.00 bits per heavy atom. The van der Waals surface area contributed by atoms with E-state index in [9.17, 15) is 0 Å². The largest absolute Gasteiger partial charge is 0.493 e. The molecular formula is C15H22IN3O. The molecule has 0 saturated heterocycles. The van der Waals surface area contributed by atoms with E-state index in [1.165, 1.54) is 24.8 Å². The van der Waals surface area contributed by atoms with Crippen LogP contribution in [-0.2, 0) is 0 Å². The van der Waals surface area contributed by atoms with Crippen molar-refractivity contribution in [2.24, 2.45) is 4.99 Å². The molecule has 1 fully saturated rings. The molecule has 0 amide bonds. The lowest BCUT2D eigenvalue weighted by molar-refractivity contribution is 0.261. The molecule has 0 radical (unpaired) electrons. The number of hydrogen-bond donors (Lipinski definition) is 2. The van der Waals surface area contributed by atoms with Gasteiger partial charge in [0.25, 0.3) is 0 Å². The zero-order valence-electron chi connectivity index (χ0n) is 11.8. The highest BCUT2D eigenvalue weighted by atomic mass is 127. The maximum absolute atomic E-state index is 5.68. The van der Waals surface area contributed by atoms with E-state index in [1.807, 2.05) is 19.2 Å². The first-order valence-corrected chi connectivity index (χ1v) is 7.08. The summed E-state index contributed by atoms with van der Waals surface area (Å²) < 4.78 is 5.68. The highest BCUT2D eigenvalue weighted by Crippen LogP contribution is 2.31. The van der Waals surface area contributed by atoms with E-state index in [0.717, 1.165) is 24.7 Å². The molecule has 5 heteroatoms. The number of nitrogens with zero attached hydrogens (tertiary/aromatic N) is 1. The van der Waals surface area contributed by atoms with Gasteiger partial charge in [0.05, 0.1) is 12.6 Å². The summed E-state index contributed by atoms with van der Waals surface area (Å²) in [6.07, 6.45) is 4.81. The molecule has 0 aromatic heterocycles. The van der Waals surface area contributed by atoms with E-state index in [0.29, 0.717) is 6.04 Å². The van der Waals surface area contributed by atoms with Crippen LogP contribution in [0.25, 0.3) is 0 Å². The summed E-state index contributed by atoms with van der Waals surface area (Å²) >= 11 is 0. The third-order valence-electron chi connectivity index (χ3n) is 3.94. The molecule has 1 aromatic carbocycles. The van der Waals surface area contributed by atoms with Crippen molar-refractivity contribution < 1.29 is 4.74 Å². The predicted molar refractivity (Wildman–Crippen MR) is 92.0 cm³/mol. The van der Waals surface area contributed by atoms with Crippen LogP contribution in [0.15, 0.2) is 29.3 Å². The quantitative estimate of drug-likeness (QED) is 0.466. The summed E-state index contributed by atoms with van der Waals surface area (Å²) in [6.45, 7) is 0.759. The predicted octanol–water partition coefficient (Wildman–Crippen LogP) is 2.85. The Kier molecular flexibility index (Phi) is 5.51. The summed E-state index contributed by atoms with van der Waals surface area (Å²) in [5.74, 6) is 1.90. The summed E-state index contributed by atoms with van der Waals surface area (Å²) in [4.78, 5) is 4.33. The third-order valence-corrected chi connectivity index (χ3v) is 3.94. The van der Waals surface area contributed by atoms with Crippen LogP contribution in [0.3, 0.4) is 0 Å². The van der Waals surface area contributed by atoms with E-state index < -0.39 is 0 Å². The lowest BCUT2D eigenvalue weighted by atomic mass is 9.93. The molecule has 110 valence electrons. The van der Waals surface area contributed by atoms with Crippen LogP contribution in [0.1, 0.15) is 37.3 Å². The van der Waals surface area contributed by atoms with E-state index in [-0.39, 0.29) is 30.0 Å². The maximum Gasteiger partial charge on any atom is 0.191 e. The number of fused-ring (bicyclic) bond motifs is 1. The van der Waals surface area contributed by atoms with Gasteiger partial charge in [0.15, 0.2) is 5.96 Å². The molecule has 1 aliphatic heterocycles. The fourth-order valence-corrected chi connectivity index (χ4v) is 2.57. The number of rotatable bonds is 2. The molecule has 3 rings (SSSR count). The second kappa shape index (κ2) is 7.15. The average Bonchev–Trinajstić information content (AvgIpc) is 2.41. The minimum absolute atomic E-state index is 0. The number of guanidine groups is 1. The van der Waals surface area contributed by atoms with Crippen LogP contribution < -0.4 is 15.4 Å². The second-order valence-corrected chi connectivity index (χ2v) is 5.22. The standard InChI is InChI=1S/C15H21N3O.HI/c1-16-15(17-11-5-4-6-11)18-13-9-10-19-14-8-3-2-7-12(13)14;/h2-3,7-8,11,13H,4-6,9-10H2,1H3,(H2,16,17,18);1H. The zero-order chi connectivity index (χ0) is 13.1. The topological polar surface area (TPSA) is 45.7 Å². The van der Waals surface area contributed by atoms with Gasteiger partial charge in [0, 0.05) is 25.1 Å². The Morgan fingerprint density at radius 3 is 2.70 bits per heavy atom. The summed E-state index contributed by atoms with van der Waals surface area (Å²) in [5.41, 5.74) is 1.23. The summed E-state index contributed by atoms with van der Waals surface area (Å²) in [7, 11) is 1.83. The molecule has 4 nitrogen and oxygen atoms in total. The monoisotopic (exact) mass is 387 g/mol. The van der Waals surface area contributed by atoms with Crippen LogP contribution in [0, 0.1) is 0 Å². The second-order valence-electron chi connectivity index (χ2n) is 5.22. The van der Waals surface area contributed by atoms with Gasteiger partial charge in [-0.1, -0.05) is 18.2 Å². The van der Waals surface area contributed by atoms with E-state index in [1.54, 1.807) is 0 Å². The maximum atomic E-state index is 5.68. The normalized spacial score (nSPS) is 21.9. The Labute approximate surface area is 137 Å².